The second-order valence-electron chi connectivity index (χ2n) is 6.32. The molecule has 0 saturated carbocycles. The number of hydrogen-bond acceptors (Lipinski definition) is 4. The highest BCUT2D eigenvalue weighted by molar-refractivity contribution is 7.93. The SMILES string of the molecule is O=S1(=O)c2cccc3cccc(c23)N1C[C@@H](O)COCc1ccccc1. The lowest BCUT2D eigenvalue weighted by molar-refractivity contribution is 0.0334. The third-order valence-corrected chi connectivity index (χ3v) is 6.30. The van der Waals surface area contributed by atoms with E-state index in [0.717, 1.165) is 10.9 Å². The molecule has 1 heterocycles. The molecule has 0 unspecified atom stereocenters. The van der Waals surface area contributed by atoms with E-state index in [4.69, 9.17) is 4.74 Å². The molecule has 1 aliphatic rings. The fourth-order valence-electron chi connectivity index (χ4n) is 3.29. The molecule has 1 aliphatic heterocycles. The molecule has 0 aromatic heterocycles. The Hall–Kier alpha value is -2.41. The molecule has 26 heavy (non-hydrogen) atoms. The summed E-state index contributed by atoms with van der Waals surface area (Å²) in [4.78, 5) is 0.294. The second kappa shape index (κ2) is 6.72. The van der Waals surface area contributed by atoms with Crippen LogP contribution in [0.25, 0.3) is 10.8 Å². The maximum Gasteiger partial charge on any atom is 0.265 e. The highest BCUT2D eigenvalue weighted by Gasteiger charge is 2.36. The molecule has 4 rings (SSSR count). The molecular weight excluding hydrogens is 350 g/mol. The van der Waals surface area contributed by atoms with Crippen molar-refractivity contribution in [2.75, 3.05) is 17.5 Å². The Kier molecular flexibility index (Phi) is 4.40. The molecule has 3 aromatic carbocycles. The molecule has 0 spiro atoms. The van der Waals surface area contributed by atoms with Gasteiger partial charge < -0.3 is 9.84 Å². The van der Waals surface area contributed by atoms with Crippen LogP contribution >= 0.6 is 0 Å². The van der Waals surface area contributed by atoms with E-state index in [9.17, 15) is 13.5 Å². The smallest absolute Gasteiger partial charge is 0.265 e. The molecule has 134 valence electrons. The number of hydrogen-bond donors (Lipinski definition) is 1. The van der Waals surface area contributed by atoms with Crippen LogP contribution in [-0.4, -0.2) is 32.8 Å². The van der Waals surface area contributed by atoms with Crippen molar-refractivity contribution in [1.82, 2.24) is 0 Å². The van der Waals surface area contributed by atoms with Gasteiger partial charge in [-0.2, -0.15) is 0 Å². The normalized spacial score (nSPS) is 16.1. The summed E-state index contributed by atoms with van der Waals surface area (Å²) in [7, 11) is -3.65. The van der Waals surface area contributed by atoms with E-state index >= 15 is 0 Å². The van der Waals surface area contributed by atoms with E-state index < -0.39 is 16.1 Å². The van der Waals surface area contributed by atoms with E-state index in [1.807, 2.05) is 48.5 Å². The number of rotatable bonds is 6. The molecule has 0 bridgehead atoms. The van der Waals surface area contributed by atoms with E-state index in [1.165, 1.54) is 4.31 Å². The Balaban J connectivity index is 1.49. The Bertz CT molecular complexity index is 1030. The molecule has 0 fully saturated rings. The molecule has 0 aliphatic carbocycles. The molecular formula is C20H19NO4S. The number of nitrogens with zero attached hydrogens (tertiary/aromatic N) is 1. The molecule has 6 heteroatoms. The number of ether oxygens (including phenoxy) is 1. The lowest BCUT2D eigenvalue weighted by Gasteiger charge is -2.22. The third-order valence-electron chi connectivity index (χ3n) is 4.48. The molecule has 0 amide bonds. The summed E-state index contributed by atoms with van der Waals surface area (Å²) in [5.74, 6) is 0. The first-order valence-corrected chi connectivity index (χ1v) is 9.85. The highest BCUT2D eigenvalue weighted by atomic mass is 32.2. The van der Waals surface area contributed by atoms with Gasteiger partial charge in [-0.3, -0.25) is 4.31 Å². The maximum atomic E-state index is 12.9. The van der Waals surface area contributed by atoms with Gasteiger partial charge in [0.1, 0.15) is 0 Å². The van der Waals surface area contributed by atoms with Gasteiger partial charge in [0, 0.05) is 5.39 Å². The lowest BCUT2D eigenvalue weighted by atomic mass is 10.1. The largest absolute Gasteiger partial charge is 0.389 e. The second-order valence-corrected chi connectivity index (χ2v) is 8.15. The van der Waals surface area contributed by atoms with Gasteiger partial charge in [-0.25, -0.2) is 8.42 Å². The first-order valence-electron chi connectivity index (χ1n) is 8.41. The zero-order valence-electron chi connectivity index (χ0n) is 14.1. The van der Waals surface area contributed by atoms with E-state index in [-0.39, 0.29) is 13.2 Å². The van der Waals surface area contributed by atoms with Gasteiger partial charge >= 0.3 is 0 Å². The van der Waals surface area contributed by atoms with Crippen LogP contribution in [0.1, 0.15) is 5.56 Å². The summed E-state index contributed by atoms with van der Waals surface area (Å²) in [6, 6.07) is 20.4. The van der Waals surface area contributed by atoms with Crippen molar-refractivity contribution in [3.63, 3.8) is 0 Å². The van der Waals surface area contributed by atoms with E-state index in [0.29, 0.717) is 22.6 Å². The van der Waals surface area contributed by atoms with Crippen molar-refractivity contribution in [2.24, 2.45) is 0 Å². The fourth-order valence-corrected chi connectivity index (χ4v) is 5.03. The Morgan fingerprint density at radius 3 is 2.46 bits per heavy atom. The van der Waals surface area contributed by atoms with Crippen molar-refractivity contribution in [3.05, 3.63) is 72.3 Å². The van der Waals surface area contributed by atoms with Crippen molar-refractivity contribution in [2.45, 2.75) is 17.6 Å². The van der Waals surface area contributed by atoms with Gasteiger partial charge in [-0.1, -0.05) is 54.6 Å². The number of aliphatic hydroxyl groups is 1. The molecule has 5 nitrogen and oxygen atoms in total. The summed E-state index contributed by atoms with van der Waals surface area (Å²) in [6.45, 7) is 0.401. The standard InChI is InChI=1S/C20H19NO4S/c22-17(14-25-13-15-6-2-1-3-7-15)12-21-18-10-4-8-16-9-5-11-19(20(16)18)26(21,23)24/h1-11,17,22H,12-14H2/t17-/m1/s1. The minimum absolute atomic E-state index is 0.0368. The first kappa shape index (κ1) is 17.0. The molecule has 0 radical (unpaired) electrons. The minimum atomic E-state index is -3.65. The summed E-state index contributed by atoms with van der Waals surface area (Å²) in [5, 5.41) is 11.9. The number of β-amino-alcohol motifs (C(OH)–C–C–N with tert-alkyl or cyclic N) is 1. The maximum absolute atomic E-state index is 12.9. The summed E-state index contributed by atoms with van der Waals surface area (Å²) < 4.78 is 32.6. The Morgan fingerprint density at radius 1 is 0.962 bits per heavy atom. The summed E-state index contributed by atoms with van der Waals surface area (Å²) in [5.41, 5.74) is 1.62. The van der Waals surface area contributed by atoms with Gasteiger partial charge in [-0.15, -0.1) is 0 Å². The van der Waals surface area contributed by atoms with E-state index in [2.05, 4.69) is 0 Å². The van der Waals surface area contributed by atoms with Gasteiger partial charge in [-0.05, 0) is 23.1 Å². The van der Waals surface area contributed by atoms with Gasteiger partial charge in [0.15, 0.2) is 0 Å². The summed E-state index contributed by atoms with van der Waals surface area (Å²) >= 11 is 0. The highest BCUT2D eigenvalue weighted by Crippen LogP contribution is 2.41. The monoisotopic (exact) mass is 369 g/mol. The molecule has 0 saturated heterocycles. The van der Waals surface area contributed by atoms with Crippen LogP contribution in [0.15, 0.2) is 71.6 Å². The fraction of sp³-hybridized carbons (Fsp3) is 0.200. The summed E-state index contributed by atoms with van der Waals surface area (Å²) in [6.07, 6.45) is -0.918. The van der Waals surface area contributed by atoms with Crippen molar-refractivity contribution >= 4 is 26.5 Å². The average Bonchev–Trinajstić information content (AvgIpc) is 2.86. The quantitative estimate of drug-likeness (QED) is 0.725. The molecule has 3 aromatic rings. The van der Waals surface area contributed by atoms with E-state index in [1.54, 1.807) is 18.2 Å². The predicted octanol–water partition coefficient (Wildman–Crippen LogP) is 2.93. The van der Waals surface area contributed by atoms with Crippen LogP contribution in [0.2, 0.25) is 0 Å². The predicted molar refractivity (Wildman–Crippen MR) is 101 cm³/mol. The molecule has 1 atom stereocenters. The van der Waals surface area contributed by atoms with Crippen LogP contribution in [-0.2, 0) is 21.4 Å². The topological polar surface area (TPSA) is 66.8 Å². The van der Waals surface area contributed by atoms with Crippen LogP contribution in [0, 0.1) is 0 Å². The zero-order valence-corrected chi connectivity index (χ0v) is 14.9. The Morgan fingerprint density at radius 2 is 1.69 bits per heavy atom. The van der Waals surface area contributed by atoms with Crippen molar-refractivity contribution < 1.29 is 18.3 Å². The molecule has 1 N–H and O–H groups in total. The number of aliphatic hydroxyl groups excluding tert-OH is 1. The van der Waals surface area contributed by atoms with Crippen LogP contribution in [0.5, 0.6) is 0 Å². The average molecular weight is 369 g/mol. The minimum Gasteiger partial charge on any atom is -0.389 e. The Labute approximate surface area is 152 Å². The lowest BCUT2D eigenvalue weighted by Crippen LogP contribution is -2.37. The van der Waals surface area contributed by atoms with Crippen molar-refractivity contribution in [1.29, 1.82) is 0 Å². The third kappa shape index (κ3) is 2.96. The number of anilines is 1. The number of benzene rings is 3. The van der Waals surface area contributed by atoms with Gasteiger partial charge in [0.2, 0.25) is 0 Å². The first-order chi connectivity index (χ1) is 12.6. The van der Waals surface area contributed by atoms with Gasteiger partial charge in [0.25, 0.3) is 10.0 Å². The number of sulfonamides is 1. The van der Waals surface area contributed by atoms with Gasteiger partial charge in [0.05, 0.1) is 36.4 Å². The van der Waals surface area contributed by atoms with Crippen LogP contribution in [0.3, 0.4) is 0 Å². The zero-order chi connectivity index (χ0) is 18.1. The van der Waals surface area contributed by atoms with Crippen LogP contribution < -0.4 is 4.31 Å². The van der Waals surface area contributed by atoms with Crippen LogP contribution in [0.4, 0.5) is 5.69 Å². The van der Waals surface area contributed by atoms with Crippen molar-refractivity contribution in [3.8, 4) is 0 Å².